The number of amides is 1. The molecule has 35 heavy (non-hydrogen) atoms. The Hall–Kier alpha value is -1.90. The quantitative estimate of drug-likeness (QED) is 0.282. The van der Waals surface area contributed by atoms with Gasteiger partial charge in [-0.15, -0.1) is 5.46 Å². The molecular weight excluding hydrogens is 516 g/mol. The zero-order chi connectivity index (χ0) is 24.5. The number of ether oxygens (including phenoxy) is 1. The van der Waals surface area contributed by atoms with Crippen molar-refractivity contribution < 1.29 is 90.3 Å². The summed E-state index contributed by atoms with van der Waals surface area (Å²) < 4.78 is 82.9. The summed E-state index contributed by atoms with van der Waals surface area (Å²) in [4.78, 5) is 12.3. The number of nitrogens with one attached hydrogen (secondary N) is 1. The molecule has 0 atom stereocenters. The van der Waals surface area contributed by atoms with Crippen molar-refractivity contribution in [3.8, 4) is 16.9 Å². The molecular formula is C22H17BF4KNO5S. The van der Waals surface area contributed by atoms with Crippen LogP contribution in [0.15, 0.2) is 66.7 Å². The van der Waals surface area contributed by atoms with Crippen molar-refractivity contribution in [1.82, 2.24) is 5.32 Å². The molecule has 1 aliphatic rings. The van der Waals surface area contributed by atoms with Crippen molar-refractivity contribution in [2.24, 2.45) is 0 Å². The van der Waals surface area contributed by atoms with E-state index in [-0.39, 0.29) is 69.5 Å². The fraction of sp³-hybridized carbons (Fsp3) is 0.136. The van der Waals surface area contributed by atoms with Gasteiger partial charge < -0.3 is 27.2 Å². The second kappa shape index (κ2) is 11.0. The summed E-state index contributed by atoms with van der Waals surface area (Å²) in [5.74, 6) is -1.06. The number of carbonyl (C=O) groups is 1. The van der Waals surface area contributed by atoms with Crippen LogP contribution in [-0.2, 0) is 21.8 Å². The summed E-state index contributed by atoms with van der Waals surface area (Å²) in [6.45, 7) is -5.96. The van der Waals surface area contributed by atoms with Crippen LogP contribution in [0.1, 0.15) is 22.6 Å². The van der Waals surface area contributed by atoms with Crippen LogP contribution in [0.2, 0.25) is 0 Å². The molecule has 0 bridgehead atoms. The van der Waals surface area contributed by atoms with Crippen molar-refractivity contribution in [2.45, 2.75) is 12.5 Å². The fourth-order valence-corrected chi connectivity index (χ4v) is 4.29. The van der Waals surface area contributed by atoms with E-state index in [1.165, 1.54) is 0 Å². The van der Waals surface area contributed by atoms with Crippen LogP contribution in [-0.4, -0.2) is 28.1 Å². The van der Waals surface area contributed by atoms with Crippen LogP contribution in [0.5, 0.6) is 5.75 Å². The molecule has 6 nitrogen and oxygen atoms in total. The van der Waals surface area contributed by atoms with Crippen molar-refractivity contribution in [3.05, 3.63) is 83.4 Å². The fourth-order valence-electron chi connectivity index (χ4n) is 3.96. The van der Waals surface area contributed by atoms with E-state index in [1.807, 2.05) is 48.5 Å². The van der Waals surface area contributed by atoms with Crippen molar-refractivity contribution >= 4 is 29.0 Å². The number of carbonyl (C=O) groups excluding carboxylic acids is 1. The smallest absolute Gasteiger partial charge is 0.449 e. The van der Waals surface area contributed by atoms with Crippen LogP contribution in [0, 0.1) is 0 Å². The normalized spacial score (nSPS) is 12.8. The van der Waals surface area contributed by atoms with E-state index in [4.69, 9.17) is 4.74 Å². The Morgan fingerprint density at radius 2 is 1.51 bits per heavy atom. The summed E-state index contributed by atoms with van der Waals surface area (Å²) in [5, 5.41) is 2.32. The van der Waals surface area contributed by atoms with Gasteiger partial charge in [-0.05, 0) is 39.9 Å². The second-order valence-corrected chi connectivity index (χ2v) is 8.59. The summed E-state index contributed by atoms with van der Waals surface area (Å²) in [6.07, 6.45) is -0.884. The number of hydrogen-bond donors (Lipinski definition) is 1. The summed E-state index contributed by atoms with van der Waals surface area (Å²) in [5.41, 5.74) is 2.70. The first-order valence-corrected chi connectivity index (χ1v) is 11.4. The van der Waals surface area contributed by atoms with E-state index in [0.29, 0.717) is 12.1 Å². The Morgan fingerprint density at radius 1 is 0.943 bits per heavy atom. The number of halogens is 4. The minimum absolute atomic E-state index is 0. The van der Waals surface area contributed by atoms with E-state index in [9.17, 15) is 30.0 Å². The third-order valence-electron chi connectivity index (χ3n) is 5.34. The van der Waals surface area contributed by atoms with Gasteiger partial charge in [0.05, 0.1) is 0 Å². The minimum Gasteiger partial charge on any atom is -0.449 e. The van der Waals surface area contributed by atoms with Gasteiger partial charge in [-0.1, -0.05) is 58.5 Å². The molecule has 178 valence electrons. The van der Waals surface area contributed by atoms with Crippen molar-refractivity contribution in [3.63, 3.8) is 0 Å². The summed E-state index contributed by atoms with van der Waals surface area (Å²) >= 11 is 0. The predicted octanol–water partition coefficient (Wildman–Crippen LogP) is 1.38. The van der Waals surface area contributed by atoms with Gasteiger partial charge in [0, 0.05) is 12.5 Å². The zero-order valence-electron chi connectivity index (χ0n) is 18.4. The van der Waals surface area contributed by atoms with Crippen LogP contribution in [0.3, 0.4) is 0 Å². The van der Waals surface area contributed by atoms with Crippen molar-refractivity contribution in [2.75, 3.05) is 6.61 Å². The average molecular weight is 533 g/mol. The molecule has 0 unspecified atom stereocenters. The molecule has 0 saturated carbocycles. The topological polar surface area (TPSA) is 81.7 Å². The van der Waals surface area contributed by atoms with Crippen LogP contribution in [0.25, 0.3) is 11.1 Å². The molecule has 3 aromatic rings. The molecule has 0 heterocycles. The van der Waals surface area contributed by atoms with Gasteiger partial charge in [-0.25, -0.2) is 4.79 Å². The monoisotopic (exact) mass is 533 g/mol. The van der Waals surface area contributed by atoms with E-state index in [2.05, 4.69) is 9.50 Å². The average Bonchev–Trinajstić information content (AvgIpc) is 3.08. The predicted molar refractivity (Wildman–Crippen MR) is 118 cm³/mol. The molecule has 0 radical (unpaired) electrons. The van der Waals surface area contributed by atoms with E-state index >= 15 is 0 Å². The molecule has 4 rings (SSSR count). The van der Waals surface area contributed by atoms with Crippen LogP contribution >= 0.6 is 0 Å². The Morgan fingerprint density at radius 3 is 2.06 bits per heavy atom. The molecule has 3 aromatic carbocycles. The Kier molecular flexibility index (Phi) is 8.71. The van der Waals surface area contributed by atoms with Gasteiger partial charge in [-0.3, -0.25) is 0 Å². The Balaban J connectivity index is 0.00000342. The van der Waals surface area contributed by atoms with Gasteiger partial charge in [0.1, 0.15) is 12.4 Å². The van der Waals surface area contributed by atoms with Gasteiger partial charge >= 0.3 is 75.0 Å². The molecule has 0 aliphatic heterocycles. The summed E-state index contributed by atoms with van der Waals surface area (Å²) in [7, 11) is -5.53. The first-order valence-electron chi connectivity index (χ1n) is 10.1. The summed E-state index contributed by atoms with van der Waals surface area (Å²) in [6, 6.07) is 17.4. The number of benzene rings is 3. The molecule has 0 fully saturated rings. The molecule has 1 amide bonds. The molecule has 0 spiro atoms. The van der Waals surface area contributed by atoms with Gasteiger partial charge in [0.25, 0.3) is 0 Å². The first-order chi connectivity index (χ1) is 16.0. The van der Waals surface area contributed by atoms with Crippen LogP contribution in [0.4, 0.5) is 21.6 Å². The second-order valence-electron chi connectivity index (χ2n) is 7.64. The molecule has 1 aliphatic carbocycles. The van der Waals surface area contributed by atoms with E-state index in [1.54, 1.807) is 0 Å². The maximum atomic E-state index is 13.2. The maximum Gasteiger partial charge on any atom is 1.00 e. The third kappa shape index (κ3) is 6.86. The number of rotatable bonds is 7. The third-order valence-corrected chi connectivity index (χ3v) is 5.73. The minimum atomic E-state index is -5.53. The molecule has 0 saturated heterocycles. The van der Waals surface area contributed by atoms with Gasteiger partial charge in [-0.2, -0.15) is 8.42 Å². The SMILES string of the molecule is O=C(NCc1cc(OS(=O)(=O)F)cc([B-](F)(F)F)c1)OCC1c2ccccc2-c2ccccc21.[K+]. The number of hydrogen-bond acceptors (Lipinski definition) is 5. The van der Waals surface area contributed by atoms with Crippen LogP contribution < -0.4 is 66.3 Å². The number of alkyl carbamates (subject to hydrolysis) is 1. The molecule has 1 N–H and O–H groups in total. The molecule has 13 heteroatoms. The van der Waals surface area contributed by atoms with Crippen molar-refractivity contribution in [1.29, 1.82) is 0 Å². The largest absolute Gasteiger partial charge is 1.00 e. The van der Waals surface area contributed by atoms with E-state index in [0.717, 1.165) is 28.3 Å². The Labute approximate surface area is 241 Å². The maximum absolute atomic E-state index is 13.2. The standard InChI is InChI=1S/C22H17BF4NO5S.K/c24-23(25,26)15-9-14(10-16(11-15)33-34(27,30)31)12-28-22(29)32-13-21-19-7-3-1-5-17(19)18-6-2-4-8-20(18)21;/h1-11,21H,12-13H2,(H,28,29);/q-1;+1. The number of fused-ring (bicyclic) bond motifs is 3. The molecule has 0 aromatic heterocycles. The Bertz CT molecular complexity index is 1310. The zero-order valence-corrected chi connectivity index (χ0v) is 22.3. The first kappa shape index (κ1) is 27.7. The van der Waals surface area contributed by atoms with Gasteiger partial charge in [0.2, 0.25) is 0 Å². The van der Waals surface area contributed by atoms with Gasteiger partial charge in [0.15, 0.2) is 0 Å². The van der Waals surface area contributed by atoms with E-state index < -0.39 is 41.3 Å².